The smallest absolute Gasteiger partial charge is 0.228 e. The highest BCUT2D eigenvalue weighted by atomic mass is 32.2. The van der Waals surface area contributed by atoms with Crippen LogP contribution in [0.1, 0.15) is 25.7 Å². The molecule has 0 aliphatic rings. The van der Waals surface area contributed by atoms with Gasteiger partial charge >= 0.3 is 0 Å². The summed E-state index contributed by atoms with van der Waals surface area (Å²) in [5, 5.41) is 8.01. The van der Waals surface area contributed by atoms with Crippen LogP contribution in [0.5, 0.6) is 0 Å². The molecule has 7 heteroatoms. The van der Waals surface area contributed by atoms with Crippen molar-refractivity contribution in [3.63, 3.8) is 0 Å². The highest BCUT2D eigenvalue weighted by Gasteiger charge is 2.14. The molecule has 0 saturated carbocycles. The molecule has 1 heterocycles. The van der Waals surface area contributed by atoms with Crippen molar-refractivity contribution in [2.75, 3.05) is 18.5 Å². The molecule has 0 atom stereocenters. The van der Waals surface area contributed by atoms with Crippen LogP contribution in [-0.2, 0) is 4.79 Å². The molecule has 0 bridgehead atoms. The number of hydrogen-bond acceptors (Lipinski definition) is 6. The molecule has 2 aromatic rings. The Morgan fingerprint density at radius 2 is 2.09 bits per heavy atom. The molecule has 5 nitrogen and oxygen atoms in total. The summed E-state index contributed by atoms with van der Waals surface area (Å²) in [6, 6.07) is 10.00. The van der Waals surface area contributed by atoms with E-state index in [0.717, 1.165) is 54.3 Å². The molecule has 3 N–H and O–H groups in total. The van der Waals surface area contributed by atoms with Crippen LogP contribution in [0.4, 0.5) is 5.13 Å². The zero-order valence-electron chi connectivity index (χ0n) is 13.2. The second-order valence-electron chi connectivity index (χ2n) is 5.16. The van der Waals surface area contributed by atoms with E-state index >= 15 is 0 Å². The van der Waals surface area contributed by atoms with Gasteiger partial charge in [0.1, 0.15) is 0 Å². The van der Waals surface area contributed by atoms with Crippen LogP contribution in [0, 0.1) is 0 Å². The molecule has 0 saturated heterocycles. The van der Waals surface area contributed by atoms with E-state index in [1.54, 1.807) is 11.9 Å². The van der Waals surface area contributed by atoms with Crippen molar-refractivity contribution in [2.45, 2.75) is 25.7 Å². The van der Waals surface area contributed by atoms with Gasteiger partial charge in [-0.25, -0.2) is 4.98 Å². The van der Waals surface area contributed by atoms with Crippen molar-refractivity contribution >= 4 is 34.5 Å². The van der Waals surface area contributed by atoms with Gasteiger partial charge in [-0.15, -0.1) is 11.3 Å². The molecular weight excluding hydrogens is 328 g/mol. The fraction of sp³-hybridized carbons (Fsp3) is 0.375. The van der Waals surface area contributed by atoms with E-state index < -0.39 is 0 Å². The maximum Gasteiger partial charge on any atom is 0.228 e. The first-order chi connectivity index (χ1) is 11.2. The van der Waals surface area contributed by atoms with Crippen molar-refractivity contribution in [2.24, 2.45) is 5.14 Å². The van der Waals surface area contributed by atoms with E-state index in [1.165, 1.54) is 11.3 Å². The molecular formula is C16H22N4OS2. The summed E-state index contributed by atoms with van der Waals surface area (Å²) in [4.78, 5) is 18.5. The molecule has 1 aromatic heterocycles. The fourth-order valence-corrected chi connectivity index (χ4v) is 3.22. The number of aromatic nitrogens is 1. The largest absolute Gasteiger partial charge is 0.291 e. The lowest BCUT2D eigenvalue weighted by Gasteiger charge is -2.13. The van der Waals surface area contributed by atoms with Gasteiger partial charge in [0.2, 0.25) is 5.91 Å². The second-order valence-corrected chi connectivity index (χ2v) is 6.52. The summed E-state index contributed by atoms with van der Waals surface area (Å²) in [7, 11) is 1.79. The Morgan fingerprint density at radius 3 is 2.83 bits per heavy atom. The predicted molar refractivity (Wildman–Crippen MR) is 99.2 cm³/mol. The topological polar surface area (TPSA) is 71.2 Å². The van der Waals surface area contributed by atoms with Gasteiger partial charge < -0.3 is 0 Å². The van der Waals surface area contributed by atoms with E-state index in [-0.39, 0.29) is 5.91 Å². The Bertz CT molecular complexity index is 603. The predicted octanol–water partition coefficient (Wildman–Crippen LogP) is 3.44. The molecule has 23 heavy (non-hydrogen) atoms. The van der Waals surface area contributed by atoms with Gasteiger partial charge in [-0.05, 0) is 12.8 Å². The summed E-state index contributed by atoms with van der Waals surface area (Å²) in [6.45, 7) is 0.873. The van der Waals surface area contributed by atoms with Gasteiger partial charge in [0.05, 0.1) is 5.69 Å². The Hall–Kier alpha value is -1.41. The van der Waals surface area contributed by atoms with Crippen LogP contribution < -0.4 is 14.8 Å². The number of nitrogens with one attached hydrogen (secondary N) is 1. The first-order valence-electron chi connectivity index (χ1n) is 7.58. The molecule has 0 unspecified atom stereocenters. The number of carbonyl (C=O) groups excluding carboxylic acids is 1. The third kappa shape index (κ3) is 5.62. The number of benzene rings is 1. The molecule has 2 rings (SSSR count). The van der Waals surface area contributed by atoms with Crippen molar-refractivity contribution in [3.8, 4) is 11.3 Å². The highest BCUT2D eigenvalue weighted by Crippen LogP contribution is 2.27. The minimum Gasteiger partial charge on any atom is -0.291 e. The molecule has 0 aliphatic heterocycles. The average Bonchev–Trinajstić information content (AvgIpc) is 3.08. The fourth-order valence-electron chi connectivity index (χ4n) is 2.14. The van der Waals surface area contributed by atoms with E-state index in [0.29, 0.717) is 6.42 Å². The summed E-state index contributed by atoms with van der Waals surface area (Å²) in [5.41, 5.74) is 1.98. The normalized spacial score (nSPS) is 10.7. The third-order valence-electron chi connectivity index (χ3n) is 3.48. The van der Waals surface area contributed by atoms with E-state index in [2.05, 4.69) is 9.71 Å². The van der Waals surface area contributed by atoms with Crippen LogP contribution in [0.15, 0.2) is 35.7 Å². The van der Waals surface area contributed by atoms with E-state index in [9.17, 15) is 4.79 Å². The number of amides is 1. The number of carbonyl (C=O) groups is 1. The molecule has 124 valence electrons. The van der Waals surface area contributed by atoms with Crippen molar-refractivity contribution in [1.82, 2.24) is 9.71 Å². The van der Waals surface area contributed by atoms with Gasteiger partial charge in [0.25, 0.3) is 0 Å². The van der Waals surface area contributed by atoms with Gasteiger partial charge in [-0.1, -0.05) is 36.8 Å². The second kappa shape index (κ2) is 9.67. The molecule has 0 fully saturated rings. The van der Waals surface area contributed by atoms with Crippen LogP contribution in [0.25, 0.3) is 11.3 Å². The van der Waals surface area contributed by atoms with Crippen molar-refractivity contribution in [3.05, 3.63) is 35.7 Å². The Labute approximate surface area is 145 Å². The number of nitrogens with zero attached hydrogens (tertiary/aromatic N) is 2. The molecule has 0 aliphatic carbocycles. The van der Waals surface area contributed by atoms with Gasteiger partial charge in [0, 0.05) is 43.1 Å². The van der Waals surface area contributed by atoms with Gasteiger partial charge in [-0.3, -0.25) is 19.6 Å². The Morgan fingerprint density at radius 1 is 1.30 bits per heavy atom. The first-order valence-corrected chi connectivity index (χ1v) is 9.34. The molecule has 1 aromatic carbocycles. The lowest BCUT2D eigenvalue weighted by atomic mass is 10.2. The number of hydrogen-bond donors (Lipinski definition) is 2. The number of nitrogens with two attached hydrogens (primary N) is 1. The summed E-state index contributed by atoms with van der Waals surface area (Å²) < 4.78 is 2.99. The quantitative estimate of drug-likeness (QED) is 0.535. The number of unbranched alkanes of at least 4 members (excludes halogenated alkanes) is 2. The lowest BCUT2D eigenvalue weighted by molar-refractivity contribution is -0.118. The number of anilines is 1. The molecule has 0 spiro atoms. The highest BCUT2D eigenvalue weighted by molar-refractivity contribution is 7.95. The molecule has 0 radical (unpaired) electrons. The average molecular weight is 351 g/mol. The summed E-state index contributed by atoms with van der Waals surface area (Å²) in [6.07, 6.45) is 3.47. The first kappa shape index (κ1) is 17.9. The lowest BCUT2D eigenvalue weighted by Crippen LogP contribution is -2.25. The number of rotatable bonds is 9. The third-order valence-corrected chi connectivity index (χ3v) is 4.76. The van der Waals surface area contributed by atoms with Crippen LogP contribution >= 0.6 is 23.5 Å². The zero-order valence-corrected chi connectivity index (χ0v) is 14.8. The SMILES string of the molecule is CN(C(=O)CCCCCNSN)c1nc(-c2ccccc2)cs1. The molecule has 1 amide bonds. The maximum absolute atomic E-state index is 12.2. The Balaban J connectivity index is 1.82. The van der Waals surface area contributed by atoms with Crippen LogP contribution in [0.2, 0.25) is 0 Å². The minimum atomic E-state index is 0.111. The summed E-state index contributed by atoms with van der Waals surface area (Å²) >= 11 is 2.64. The summed E-state index contributed by atoms with van der Waals surface area (Å²) in [5.74, 6) is 0.111. The maximum atomic E-state index is 12.2. The standard InChI is InChI=1S/C16H22N4OS2/c1-20(15(21)10-6-3-7-11-18-23-17)16-19-14(12-22-16)13-8-4-2-5-9-13/h2,4-5,8-9,12,18H,3,6-7,10-11,17H2,1H3. The van der Waals surface area contributed by atoms with E-state index in [1.807, 2.05) is 35.7 Å². The van der Waals surface area contributed by atoms with Crippen LogP contribution in [0.3, 0.4) is 0 Å². The van der Waals surface area contributed by atoms with E-state index in [4.69, 9.17) is 5.14 Å². The Kier molecular flexibility index (Phi) is 7.54. The minimum absolute atomic E-state index is 0.111. The van der Waals surface area contributed by atoms with Crippen LogP contribution in [-0.4, -0.2) is 24.5 Å². The zero-order chi connectivity index (χ0) is 16.5. The van der Waals surface area contributed by atoms with Gasteiger partial charge in [-0.2, -0.15) is 0 Å². The van der Waals surface area contributed by atoms with Gasteiger partial charge in [0.15, 0.2) is 5.13 Å². The van der Waals surface area contributed by atoms with Crippen molar-refractivity contribution in [1.29, 1.82) is 0 Å². The monoisotopic (exact) mass is 350 g/mol. The number of thiazole rings is 1. The van der Waals surface area contributed by atoms with Crippen molar-refractivity contribution < 1.29 is 4.79 Å².